The first kappa shape index (κ1) is 10.3. The van der Waals surface area contributed by atoms with Crippen molar-refractivity contribution in [1.29, 1.82) is 0 Å². The number of H-pyrrole nitrogens is 1. The summed E-state index contributed by atoms with van der Waals surface area (Å²) in [4.78, 5) is 15.6. The predicted octanol–water partition coefficient (Wildman–Crippen LogP) is 0.438. The number of pyridine rings is 1. The summed E-state index contributed by atoms with van der Waals surface area (Å²) in [7, 11) is 0. The van der Waals surface area contributed by atoms with Gasteiger partial charge in [-0.1, -0.05) is 6.07 Å². The SMILES string of the molecule is Cc1ccc(CNC(=O)c2cn[nH]n2)cn1. The van der Waals surface area contributed by atoms with E-state index in [1.807, 2.05) is 19.1 Å². The summed E-state index contributed by atoms with van der Waals surface area (Å²) in [5, 5.41) is 12.3. The molecular formula is C10H11N5O. The fraction of sp³-hybridized carbons (Fsp3) is 0.200. The van der Waals surface area contributed by atoms with Crippen LogP contribution in [-0.4, -0.2) is 26.3 Å². The third kappa shape index (κ3) is 2.41. The molecular weight excluding hydrogens is 206 g/mol. The minimum atomic E-state index is -0.255. The molecule has 0 aliphatic carbocycles. The van der Waals surface area contributed by atoms with Gasteiger partial charge in [-0.3, -0.25) is 9.78 Å². The van der Waals surface area contributed by atoms with Gasteiger partial charge in [0.15, 0.2) is 5.69 Å². The quantitative estimate of drug-likeness (QED) is 0.781. The summed E-state index contributed by atoms with van der Waals surface area (Å²) in [6.45, 7) is 2.34. The van der Waals surface area contributed by atoms with Crippen LogP contribution in [0.3, 0.4) is 0 Å². The topological polar surface area (TPSA) is 83.6 Å². The van der Waals surface area contributed by atoms with Gasteiger partial charge in [-0.05, 0) is 18.6 Å². The van der Waals surface area contributed by atoms with E-state index in [1.165, 1.54) is 6.20 Å². The highest BCUT2D eigenvalue weighted by Gasteiger charge is 2.07. The zero-order chi connectivity index (χ0) is 11.4. The Bertz CT molecular complexity index is 462. The molecule has 16 heavy (non-hydrogen) atoms. The molecule has 2 aromatic heterocycles. The third-order valence-electron chi connectivity index (χ3n) is 2.07. The molecule has 2 N–H and O–H groups in total. The van der Waals surface area contributed by atoms with Gasteiger partial charge >= 0.3 is 0 Å². The number of amides is 1. The number of aryl methyl sites for hydroxylation is 1. The van der Waals surface area contributed by atoms with Crippen LogP contribution in [0.25, 0.3) is 0 Å². The summed E-state index contributed by atoms with van der Waals surface area (Å²) >= 11 is 0. The van der Waals surface area contributed by atoms with Crippen LogP contribution in [0.1, 0.15) is 21.7 Å². The summed E-state index contributed by atoms with van der Waals surface area (Å²) in [5.41, 5.74) is 2.18. The second-order valence-corrected chi connectivity index (χ2v) is 3.35. The molecule has 2 aromatic rings. The van der Waals surface area contributed by atoms with Crippen LogP contribution in [0.4, 0.5) is 0 Å². The van der Waals surface area contributed by atoms with Crippen molar-refractivity contribution in [2.45, 2.75) is 13.5 Å². The van der Waals surface area contributed by atoms with Crippen LogP contribution >= 0.6 is 0 Å². The Morgan fingerprint density at radius 3 is 2.94 bits per heavy atom. The molecule has 0 bridgehead atoms. The average molecular weight is 217 g/mol. The fourth-order valence-corrected chi connectivity index (χ4v) is 1.19. The Kier molecular flexibility index (Phi) is 2.90. The second-order valence-electron chi connectivity index (χ2n) is 3.35. The first-order valence-electron chi connectivity index (χ1n) is 4.81. The van der Waals surface area contributed by atoms with E-state index in [0.29, 0.717) is 6.54 Å². The fourth-order valence-electron chi connectivity index (χ4n) is 1.19. The molecule has 0 radical (unpaired) electrons. The maximum Gasteiger partial charge on any atom is 0.273 e. The molecule has 0 aliphatic rings. The minimum Gasteiger partial charge on any atom is -0.346 e. The van der Waals surface area contributed by atoms with Gasteiger partial charge in [-0.2, -0.15) is 15.4 Å². The lowest BCUT2D eigenvalue weighted by molar-refractivity contribution is 0.0946. The first-order valence-corrected chi connectivity index (χ1v) is 4.81. The Balaban J connectivity index is 1.93. The van der Waals surface area contributed by atoms with E-state index in [-0.39, 0.29) is 11.6 Å². The van der Waals surface area contributed by atoms with E-state index in [2.05, 4.69) is 25.7 Å². The van der Waals surface area contributed by atoms with Gasteiger partial charge in [-0.25, -0.2) is 0 Å². The van der Waals surface area contributed by atoms with Crippen LogP contribution in [0.2, 0.25) is 0 Å². The van der Waals surface area contributed by atoms with Gasteiger partial charge in [0.1, 0.15) is 0 Å². The molecule has 0 atom stereocenters. The van der Waals surface area contributed by atoms with Crippen LogP contribution in [0.15, 0.2) is 24.5 Å². The summed E-state index contributed by atoms with van der Waals surface area (Å²) < 4.78 is 0. The number of nitrogens with zero attached hydrogens (tertiary/aromatic N) is 3. The lowest BCUT2D eigenvalue weighted by Gasteiger charge is -2.02. The number of aromatic amines is 1. The van der Waals surface area contributed by atoms with Crippen molar-refractivity contribution < 1.29 is 4.79 Å². The van der Waals surface area contributed by atoms with Crippen molar-refractivity contribution in [2.24, 2.45) is 0 Å². The maximum atomic E-state index is 11.5. The van der Waals surface area contributed by atoms with Gasteiger partial charge in [0, 0.05) is 18.4 Å². The highest BCUT2D eigenvalue weighted by atomic mass is 16.1. The number of nitrogens with one attached hydrogen (secondary N) is 2. The molecule has 2 heterocycles. The standard InChI is InChI=1S/C10H11N5O/c1-7-2-3-8(4-11-7)5-12-10(16)9-6-13-15-14-9/h2-4,6H,5H2,1H3,(H,12,16)(H,13,14,15). The molecule has 0 unspecified atom stereocenters. The lowest BCUT2D eigenvalue weighted by Crippen LogP contribution is -2.23. The molecule has 1 amide bonds. The number of rotatable bonds is 3. The molecule has 6 heteroatoms. The highest BCUT2D eigenvalue weighted by Crippen LogP contribution is 1.99. The summed E-state index contributed by atoms with van der Waals surface area (Å²) in [6.07, 6.45) is 3.11. The average Bonchev–Trinajstić information content (AvgIpc) is 2.81. The van der Waals surface area contributed by atoms with E-state index < -0.39 is 0 Å². The van der Waals surface area contributed by atoms with Crippen LogP contribution in [0, 0.1) is 6.92 Å². The smallest absolute Gasteiger partial charge is 0.273 e. The molecule has 2 rings (SSSR count). The Morgan fingerprint density at radius 2 is 2.31 bits per heavy atom. The Hall–Kier alpha value is -2.24. The Morgan fingerprint density at radius 1 is 1.44 bits per heavy atom. The Labute approximate surface area is 92.1 Å². The van der Waals surface area contributed by atoms with Gasteiger partial charge in [0.25, 0.3) is 5.91 Å². The van der Waals surface area contributed by atoms with Gasteiger partial charge in [0.05, 0.1) is 6.20 Å². The largest absolute Gasteiger partial charge is 0.346 e. The van der Waals surface area contributed by atoms with Crippen LogP contribution in [0.5, 0.6) is 0 Å². The second kappa shape index (κ2) is 4.52. The normalized spacial score (nSPS) is 10.1. The number of hydrogen-bond acceptors (Lipinski definition) is 4. The number of aromatic nitrogens is 4. The van der Waals surface area contributed by atoms with Crippen LogP contribution < -0.4 is 5.32 Å². The van der Waals surface area contributed by atoms with Crippen molar-refractivity contribution in [1.82, 2.24) is 25.7 Å². The molecule has 82 valence electrons. The van der Waals surface area contributed by atoms with E-state index in [1.54, 1.807) is 6.20 Å². The molecule has 0 spiro atoms. The van der Waals surface area contributed by atoms with Crippen molar-refractivity contribution in [3.8, 4) is 0 Å². The minimum absolute atomic E-state index is 0.255. The zero-order valence-corrected chi connectivity index (χ0v) is 8.77. The molecule has 0 saturated heterocycles. The van der Waals surface area contributed by atoms with Gasteiger partial charge in [-0.15, -0.1) is 0 Å². The lowest BCUT2D eigenvalue weighted by atomic mass is 10.2. The first-order chi connectivity index (χ1) is 7.75. The predicted molar refractivity (Wildman–Crippen MR) is 56.5 cm³/mol. The summed E-state index contributed by atoms with van der Waals surface area (Å²) in [6, 6.07) is 3.82. The third-order valence-corrected chi connectivity index (χ3v) is 2.07. The van der Waals surface area contributed by atoms with Crippen molar-refractivity contribution >= 4 is 5.91 Å². The molecule has 0 fully saturated rings. The molecule has 6 nitrogen and oxygen atoms in total. The van der Waals surface area contributed by atoms with E-state index >= 15 is 0 Å². The van der Waals surface area contributed by atoms with E-state index in [9.17, 15) is 4.79 Å². The number of carbonyl (C=O) groups is 1. The summed E-state index contributed by atoms with van der Waals surface area (Å²) in [5.74, 6) is -0.255. The number of carbonyl (C=O) groups excluding carboxylic acids is 1. The van der Waals surface area contributed by atoms with Gasteiger partial charge in [0.2, 0.25) is 0 Å². The van der Waals surface area contributed by atoms with E-state index in [0.717, 1.165) is 11.3 Å². The van der Waals surface area contributed by atoms with Gasteiger partial charge < -0.3 is 5.32 Å². The monoisotopic (exact) mass is 217 g/mol. The molecule has 0 aromatic carbocycles. The van der Waals surface area contributed by atoms with Crippen molar-refractivity contribution in [2.75, 3.05) is 0 Å². The van der Waals surface area contributed by atoms with Crippen molar-refractivity contribution in [3.63, 3.8) is 0 Å². The highest BCUT2D eigenvalue weighted by molar-refractivity contribution is 5.91. The zero-order valence-electron chi connectivity index (χ0n) is 8.77. The van der Waals surface area contributed by atoms with Crippen LogP contribution in [-0.2, 0) is 6.54 Å². The van der Waals surface area contributed by atoms with E-state index in [4.69, 9.17) is 0 Å². The maximum absolute atomic E-state index is 11.5. The molecule has 0 saturated carbocycles. The van der Waals surface area contributed by atoms with Crippen molar-refractivity contribution in [3.05, 3.63) is 41.5 Å². The molecule has 0 aliphatic heterocycles. The number of hydrogen-bond donors (Lipinski definition) is 2.